The molecule has 1 aromatic carbocycles. The fraction of sp³-hybridized carbons (Fsp3) is 0.714. The Morgan fingerprint density at radius 1 is 1.02 bits per heavy atom. The van der Waals surface area contributed by atoms with E-state index < -0.39 is 50.3 Å². The summed E-state index contributed by atoms with van der Waals surface area (Å²) in [7, 11) is -1.96. The molecular formula is C42H65NO9SSi. The molecule has 1 aromatic heterocycles. The first-order valence-corrected chi connectivity index (χ1v) is 23.7. The van der Waals surface area contributed by atoms with Crippen LogP contribution in [-0.2, 0) is 39.3 Å². The van der Waals surface area contributed by atoms with Gasteiger partial charge in [0.15, 0.2) is 19.9 Å². The third-order valence-electron chi connectivity index (χ3n) is 11.3. The Morgan fingerprint density at radius 3 is 2.39 bits per heavy atom. The molecule has 0 saturated carbocycles. The second-order valence-corrected chi connectivity index (χ2v) is 23.6. The first-order valence-electron chi connectivity index (χ1n) is 20.0. The van der Waals surface area contributed by atoms with E-state index in [1.807, 2.05) is 24.8 Å². The molecule has 0 radical (unpaired) electrons. The van der Waals surface area contributed by atoms with Crippen LogP contribution in [0.4, 0.5) is 5.69 Å². The van der Waals surface area contributed by atoms with Crippen LogP contribution in [0.2, 0.25) is 18.1 Å². The molecule has 54 heavy (non-hydrogen) atoms. The highest BCUT2D eigenvalue weighted by Gasteiger charge is 2.52. The summed E-state index contributed by atoms with van der Waals surface area (Å²) in [6.07, 6.45) is 5.67. The molecule has 10 nitrogen and oxygen atoms in total. The standard InChI is InChI=1S/C42H65NO9SSi/c1-11-12-13-17-33(52-54(9,10)40(2,3)4)28-18-20-30(21-19-28)43-29(22-25-36(43)45)15-14-16-31-23-24-35(53-31)39(46)47-26-32(44)37-38(51-42(7,8)50-37)34-27-48-41(5,6)49-34/h18-21,23-24,29,32-34,37-38,44H,11-17,22,25-27H2,1-10H3/t29-,32?,33?,34+,37+,38+/m0/s1. The van der Waals surface area contributed by atoms with E-state index in [1.165, 1.54) is 29.7 Å². The fourth-order valence-electron chi connectivity index (χ4n) is 7.37. The van der Waals surface area contributed by atoms with Crippen molar-refractivity contribution >= 4 is 37.2 Å². The molecule has 3 fully saturated rings. The van der Waals surface area contributed by atoms with Crippen molar-refractivity contribution in [3.05, 3.63) is 51.7 Å². The summed E-state index contributed by atoms with van der Waals surface area (Å²) in [4.78, 5) is 29.7. The average molecular weight is 788 g/mol. The Balaban J connectivity index is 1.12. The highest BCUT2D eigenvalue weighted by atomic mass is 32.1. The lowest BCUT2D eigenvalue weighted by Crippen LogP contribution is -2.45. The monoisotopic (exact) mass is 787 g/mol. The molecule has 5 rings (SSSR count). The molecule has 4 heterocycles. The van der Waals surface area contributed by atoms with Crippen LogP contribution in [0.1, 0.15) is 133 Å². The number of aliphatic hydroxyl groups excluding tert-OH is 1. The Labute approximate surface area is 328 Å². The fourth-order valence-corrected chi connectivity index (χ4v) is 9.63. The molecule has 1 N–H and O–H groups in total. The number of hydrogen-bond donors (Lipinski definition) is 1. The van der Waals surface area contributed by atoms with Gasteiger partial charge in [0.25, 0.3) is 0 Å². The van der Waals surface area contributed by atoms with Crippen LogP contribution in [0.3, 0.4) is 0 Å². The first kappa shape index (κ1) is 43.0. The molecule has 3 aliphatic rings. The van der Waals surface area contributed by atoms with Crippen molar-refractivity contribution in [2.24, 2.45) is 0 Å². The van der Waals surface area contributed by atoms with E-state index in [9.17, 15) is 14.7 Å². The maximum absolute atomic E-state index is 13.1. The highest BCUT2D eigenvalue weighted by molar-refractivity contribution is 7.13. The second kappa shape index (κ2) is 17.5. The van der Waals surface area contributed by atoms with E-state index in [4.69, 9.17) is 28.1 Å². The topological polar surface area (TPSA) is 113 Å². The molecular weight excluding hydrogens is 723 g/mol. The van der Waals surface area contributed by atoms with E-state index in [0.29, 0.717) is 17.9 Å². The molecule has 3 aliphatic heterocycles. The van der Waals surface area contributed by atoms with Gasteiger partial charge < -0.3 is 38.1 Å². The number of aryl methyl sites for hydroxylation is 1. The van der Waals surface area contributed by atoms with Crippen LogP contribution in [0.5, 0.6) is 0 Å². The van der Waals surface area contributed by atoms with Gasteiger partial charge in [-0.1, -0.05) is 59.1 Å². The van der Waals surface area contributed by atoms with Crippen molar-refractivity contribution in [2.45, 2.75) is 179 Å². The van der Waals surface area contributed by atoms with Gasteiger partial charge in [0.1, 0.15) is 35.9 Å². The van der Waals surface area contributed by atoms with E-state index in [0.717, 1.165) is 49.1 Å². The number of anilines is 1. The summed E-state index contributed by atoms with van der Waals surface area (Å²) in [5.41, 5.74) is 2.14. The first-order chi connectivity index (χ1) is 25.3. The molecule has 0 aliphatic carbocycles. The highest BCUT2D eigenvalue weighted by Crippen LogP contribution is 2.42. The number of unbranched alkanes of at least 4 members (excludes halogenated alkanes) is 2. The molecule has 6 atom stereocenters. The maximum Gasteiger partial charge on any atom is 0.348 e. The number of hydrogen-bond acceptors (Lipinski definition) is 10. The second-order valence-electron chi connectivity index (χ2n) is 17.7. The summed E-state index contributed by atoms with van der Waals surface area (Å²) in [5, 5.41) is 11.2. The number of amides is 1. The van der Waals surface area contributed by atoms with Crippen molar-refractivity contribution in [2.75, 3.05) is 18.1 Å². The molecule has 2 aromatic rings. The van der Waals surface area contributed by atoms with Gasteiger partial charge in [-0.25, -0.2) is 4.79 Å². The zero-order chi connectivity index (χ0) is 39.5. The van der Waals surface area contributed by atoms with Gasteiger partial charge in [-0.3, -0.25) is 4.79 Å². The van der Waals surface area contributed by atoms with E-state index >= 15 is 0 Å². The van der Waals surface area contributed by atoms with E-state index in [-0.39, 0.29) is 29.7 Å². The Hall–Kier alpha value is -2.16. The summed E-state index contributed by atoms with van der Waals surface area (Å²) in [6, 6.07) is 12.4. The van der Waals surface area contributed by atoms with Crippen molar-refractivity contribution in [1.29, 1.82) is 0 Å². The van der Waals surface area contributed by atoms with Gasteiger partial charge in [-0.05, 0) is 108 Å². The number of esters is 1. The van der Waals surface area contributed by atoms with Crippen LogP contribution in [0.25, 0.3) is 0 Å². The smallest absolute Gasteiger partial charge is 0.348 e. The van der Waals surface area contributed by atoms with Crippen molar-refractivity contribution < 1.29 is 42.8 Å². The van der Waals surface area contributed by atoms with E-state index in [2.05, 4.69) is 65.1 Å². The molecule has 302 valence electrons. The number of rotatable bonds is 17. The van der Waals surface area contributed by atoms with Crippen LogP contribution < -0.4 is 4.90 Å². The lowest BCUT2D eigenvalue weighted by Gasteiger charge is -2.39. The van der Waals surface area contributed by atoms with E-state index in [1.54, 1.807) is 19.9 Å². The van der Waals surface area contributed by atoms with Crippen LogP contribution >= 0.6 is 11.3 Å². The Kier molecular flexibility index (Phi) is 14.0. The molecule has 3 saturated heterocycles. The number of ether oxygens (including phenoxy) is 5. The number of thiophene rings is 1. The molecule has 0 bridgehead atoms. The number of benzene rings is 1. The van der Waals surface area contributed by atoms with Gasteiger partial charge in [0.2, 0.25) is 5.91 Å². The minimum Gasteiger partial charge on any atom is -0.459 e. The van der Waals surface area contributed by atoms with Gasteiger partial charge in [-0.15, -0.1) is 11.3 Å². The zero-order valence-electron chi connectivity index (χ0n) is 34.3. The summed E-state index contributed by atoms with van der Waals surface area (Å²) >= 11 is 1.40. The quantitative estimate of drug-likeness (QED) is 0.0953. The number of aliphatic hydroxyl groups is 1. The van der Waals surface area contributed by atoms with Crippen LogP contribution in [0.15, 0.2) is 36.4 Å². The van der Waals surface area contributed by atoms with Gasteiger partial charge in [0.05, 0.1) is 12.7 Å². The lowest BCUT2D eigenvalue weighted by molar-refractivity contribution is -0.175. The summed E-state index contributed by atoms with van der Waals surface area (Å²) in [6.45, 7) is 21.0. The number of carbonyl (C=O) groups is 2. The minimum absolute atomic E-state index is 0.0605. The predicted octanol–water partition coefficient (Wildman–Crippen LogP) is 9.10. The van der Waals surface area contributed by atoms with Gasteiger partial charge >= 0.3 is 5.97 Å². The normalized spacial score (nSPS) is 25.3. The van der Waals surface area contributed by atoms with Crippen LogP contribution in [-0.4, -0.2) is 80.5 Å². The van der Waals surface area contributed by atoms with Crippen molar-refractivity contribution in [3.8, 4) is 0 Å². The minimum atomic E-state index is -1.96. The van der Waals surface area contributed by atoms with Gasteiger partial charge in [-0.2, -0.15) is 0 Å². The third kappa shape index (κ3) is 10.8. The number of carbonyl (C=O) groups excluding carboxylic acids is 2. The lowest BCUT2D eigenvalue weighted by atomic mass is 10.0. The maximum atomic E-state index is 13.1. The Morgan fingerprint density at radius 2 is 1.74 bits per heavy atom. The SMILES string of the molecule is CCCCCC(O[Si](C)(C)C(C)(C)C)c1ccc(N2C(=O)CC[C@@H]2CCCc2ccc(C(=O)OCC(O)[C@H]3OC(C)(C)O[C@@H]3[C@H]3COC(C)(C)O3)s2)cc1. The van der Waals surface area contributed by atoms with Gasteiger partial charge in [0, 0.05) is 23.0 Å². The predicted molar refractivity (Wildman–Crippen MR) is 214 cm³/mol. The molecule has 2 unspecified atom stereocenters. The average Bonchev–Trinajstić information content (AvgIpc) is 3.88. The summed E-state index contributed by atoms with van der Waals surface area (Å²) in [5.74, 6) is -1.99. The van der Waals surface area contributed by atoms with Crippen molar-refractivity contribution in [1.82, 2.24) is 0 Å². The third-order valence-corrected chi connectivity index (χ3v) is 16.9. The zero-order valence-corrected chi connectivity index (χ0v) is 36.1. The molecule has 12 heteroatoms. The largest absolute Gasteiger partial charge is 0.459 e. The molecule has 1 amide bonds. The Bertz CT molecular complexity index is 1550. The van der Waals surface area contributed by atoms with Crippen molar-refractivity contribution in [3.63, 3.8) is 0 Å². The molecule has 0 spiro atoms. The van der Waals surface area contributed by atoms with Crippen LogP contribution in [0, 0.1) is 0 Å². The number of nitrogens with zero attached hydrogens (tertiary/aromatic N) is 1. The summed E-state index contributed by atoms with van der Waals surface area (Å²) < 4.78 is 36.2.